The van der Waals surface area contributed by atoms with E-state index in [0.717, 1.165) is 29.2 Å². The highest BCUT2D eigenvalue weighted by atomic mass is 32.1. The molecule has 1 fully saturated rings. The van der Waals surface area contributed by atoms with Crippen LogP contribution in [0.4, 0.5) is 0 Å². The first-order valence-electron chi connectivity index (χ1n) is 7.96. The van der Waals surface area contributed by atoms with Gasteiger partial charge in [-0.1, -0.05) is 25.3 Å². The second kappa shape index (κ2) is 7.49. The Morgan fingerprint density at radius 1 is 1.27 bits per heavy atom. The van der Waals surface area contributed by atoms with Crippen molar-refractivity contribution in [1.82, 2.24) is 15.3 Å². The van der Waals surface area contributed by atoms with Crippen LogP contribution in [-0.4, -0.2) is 21.9 Å². The molecule has 1 N–H and O–H groups in total. The Kier molecular flexibility index (Phi) is 5.16. The smallest absolute Gasteiger partial charge is 0.220 e. The van der Waals surface area contributed by atoms with Crippen molar-refractivity contribution in [3.05, 3.63) is 35.5 Å². The molecule has 4 nitrogen and oxygen atoms in total. The van der Waals surface area contributed by atoms with Crippen molar-refractivity contribution in [2.75, 3.05) is 0 Å². The van der Waals surface area contributed by atoms with Gasteiger partial charge in [-0.3, -0.25) is 9.78 Å². The summed E-state index contributed by atoms with van der Waals surface area (Å²) in [5, 5.41) is 6.10. The molecule has 22 heavy (non-hydrogen) atoms. The normalized spacial score (nSPS) is 15.6. The van der Waals surface area contributed by atoms with Gasteiger partial charge >= 0.3 is 0 Å². The number of aromatic nitrogens is 2. The van der Waals surface area contributed by atoms with E-state index in [1.165, 1.54) is 19.3 Å². The number of rotatable bonds is 5. The number of nitrogens with one attached hydrogen (secondary N) is 1. The summed E-state index contributed by atoms with van der Waals surface area (Å²) in [4.78, 5) is 20.9. The molecule has 1 amide bonds. The van der Waals surface area contributed by atoms with E-state index < -0.39 is 0 Å². The van der Waals surface area contributed by atoms with Gasteiger partial charge in [0.2, 0.25) is 5.91 Å². The van der Waals surface area contributed by atoms with E-state index in [1.54, 1.807) is 17.5 Å². The highest BCUT2D eigenvalue weighted by molar-refractivity contribution is 7.13. The van der Waals surface area contributed by atoms with E-state index in [9.17, 15) is 4.79 Å². The molecule has 3 rings (SSSR count). The monoisotopic (exact) mass is 315 g/mol. The SMILES string of the molecule is O=C(CCc1csc(-c2ccccn2)n1)NC1CCCCC1. The van der Waals surface area contributed by atoms with Crippen molar-refractivity contribution in [1.29, 1.82) is 0 Å². The van der Waals surface area contributed by atoms with Gasteiger partial charge in [0, 0.05) is 24.0 Å². The molecular formula is C17H21N3OS. The topological polar surface area (TPSA) is 54.9 Å². The van der Waals surface area contributed by atoms with Crippen LogP contribution in [0.5, 0.6) is 0 Å². The van der Waals surface area contributed by atoms with Gasteiger partial charge in [-0.25, -0.2) is 4.98 Å². The van der Waals surface area contributed by atoms with Crippen LogP contribution in [0, 0.1) is 0 Å². The van der Waals surface area contributed by atoms with Gasteiger partial charge in [0.05, 0.1) is 11.4 Å². The molecule has 0 saturated heterocycles. The fourth-order valence-corrected chi connectivity index (χ4v) is 3.65. The summed E-state index contributed by atoms with van der Waals surface area (Å²) in [5.41, 5.74) is 1.87. The molecule has 1 saturated carbocycles. The Morgan fingerprint density at radius 2 is 2.14 bits per heavy atom. The fourth-order valence-electron chi connectivity index (χ4n) is 2.82. The highest BCUT2D eigenvalue weighted by Gasteiger charge is 2.15. The zero-order valence-corrected chi connectivity index (χ0v) is 13.4. The molecule has 2 aromatic heterocycles. The largest absolute Gasteiger partial charge is 0.353 e. The minimum Gasteiger partial charge on any atom is -0.353 e. The van der Waals surface area contributed by atoms with Crippen molar-refractivity contribution >= 4 is 17.2 Å². The first kappa shape index (κ1) is 15.2. The third kappa shape index (κ3) is 4.13. The van der Waals surface area contributed by atoms with Crippen LogP contribution >= 0.6 is 11.3 Å². The molecule has 1 aliphatic rings. The van der Waals surface area contributed by atoms with Crippen LogP contribution in [0.3, 0.4) is 0 Å². The van der Waals surface area contributed by atoms with Crippen molar-refractivity contribution in [3.63, 3.8) is 0 Å². The molecule has 2 aromatic rings. The summed E-state index contributed by atoms with van der Waals surface area (Å²) < 4.78 is 0. The Labute approximate surface area is 135 Å². The van der Waals surface area contributed by atoms with E-state index in [1.807, 2.05) is 23.6 Å². The van der Waals surface area contributed by atoms with Crippen molar-refractivity contribution in [3.8, 4) is 10.7 Å². The number of carbonyl (C=O) groups excluding carboxylic acids is 1. The lowest BCUT2D eigenvalue weighted by Gasteiger charge is -2.22. The number of hydrogen-bond donors (Lipinski definition) is 1. The third-order valence-corrected chi connectivity index (χ3v) is 4.93. The van der Waals surface area contributed by atoms with Crippen molar-refractivity contribution in [2.24, 2.45) is 0 Å². The van der Waals surface area contributed by atoms with Gasteiger partial charge in [0.1, 0.15) is 5.01 Å². The zero-order valence-electron chi connectivity index (χ0n) is 12.6. The predicted molar refractivity (Wildman–Crippen MR) is 88.7 cm³/mol. The molecule has 2 heterocycles. The van der Waals surface area contributed by atoms with Gasteiger partial charge < -0.3 is 5.32 Å². The maximum atomic E-state index is 12.0. The van der Waals surface area contributed by atoms with E-state index >= 15 is 0 Å². The van der Waals surface area contributed by atoms with E-state index in [-0.39, 0.29) is 5.91 Å². The number of hydrogen-bond acceptors (Lipinski definition) is 4. The van der Waals surface area contributed by atoms with Gasteiger partial charge in [-0.2, -0.15) is 0 Å². The maximum absolute atomic E-state index is 12.0. The second-order valence-electron chi connectivity index (χ2n) is 5.76. The molecule has 0 unspecified atom stereocenters. The lowest BCUT2D eigenvalue weighted by molar-refractivity contribution is -0.122. The first-order valence-corrected chi connectivity index (χ1v) is 8.84. The Hall–Kier alpha value is -1.75. The van der Waals surface area contributed by atoms with Gasteiger partial charge in [-0.15, -0.1) is 11.3 Å². The highest BCUT2D eigenvalue weighted by Crippen LogP contribution is 2.22. The molecule has 116 valence electrons. The van der Waals surface area contributed by atoms with Crippen LogP contribution in [0.1, 0.15) is 44.2 Å². The second-order valence-corrected chi connectivity index (χ2v) is 6.62. The average molecular weight is 315 g/mol. The lowest BCUT2D eigenvalue weighted by atomic mass is 9.95. The molecule has 0 aliphatic heterocycles. The van der Waals surface area contributed by atoms with Crippen LogP contribution < -0.4 is 5.32 Å². The third-order valence-electron chi connectivity index (χ3n) is 4.01. The van der Waals surface area contributed by atoms with Gasteiger partial charge in [0.25, 0.3) is 0 Å². The summed E-state index contributed by atoms with van der Waals surface area (Å²) in [6, 6.07) is 6.20. The predicted octanol–water partition coefficient (Wildman–Crippen LogP) is 3.59. The van der Waals surface area contributed by atoms with E-state index in [4.69, 9.17) is 0 Å². The minimum atomic E-state index is 0.152. The van der Waals surface area contributed by atoms with Crippen LogP contribution in [-0.2, 0) is 11.2 Å². The van der Waals surface area contributed by atoms with E-state index in [2.05, 4.69) is 15.3 Å². The molecule has 0 aromatic carbocycles. The summed E-state index contributed by atoms with van der Waals surface area (Å²) in [7, 11) is 0. The summed E-state index contributed by atoms with van der Waals surface area (Å²) in [6.45, 7) is 0. The first-order chi connectivity index (χ1) is 10.8. The van der Waals surface area contributed by atoms with Crippen LogP contribution in [0.2, 0.25) is 0 Å². The Morgan fingerprint density at radius 3 is 2.91 bits per heavy atom. The molecule has 5 heteroatoms. The zero-order chi connectivity index (χ0) is 15.2. The number of aryl methyl sites for hydroxylation is 1. The maximum Gasteiger partial charge on any atom is 0.220 e. The molecule has 0 radical (unpaired) electrons. The summed E-state index contributed by atoms with van der Waals surface area (Å²) >= 11 is 1.58. The van der Waals surface area contributed by atoms with Crippen molar-refractivity contribution in [2.45, 2.75) is 51.0 Å². The average Bonchev–Trinajstić information content (AvgIpc) is 3.04. The molecule has 0 spiro atoms. The van der Waals surface area contributed by atoms with Crippen molar-refractivity contribution < 1.29 is 4.79 Å². The molecule has 0 bridgehead atoms. The number of thiazole rings is 1. The van der Waals surface area contributed by atoms with E-state index in [0.29, 0.717) is 18.9 Å². The minimum absolute atomic E-state index is 0.152. The summed E-state index contributed by atoms with van der Waals surface area (Å²) in [5.74, 6) is 0.152. The van der Waals surface area contributed by atoms with Crippen LogP contribution in [0.25, 0.3) is 10.7 Å². The Bertz CT molecular complexity index is 605. The number of carbonyl (C=O) groups is 1. The Balaban J connectivity index is 1.49. The number of nitrogens with zero attached hydrogens (tertiary/aromatic N) is 2. The van der Waals surface area contributed by atoms with Gasteiger partial charge in [-0.05, 0) is 31.4 Å². The number of pyridine rings is 1. The number of amides is 1. The summed E-state index contributed by atoms with van der Waals surface area (Å²) in [6.07, 6.45) is 9.03. The quantitative estimate of drug-likeness (QED) is 0.917. The lowest BCUT2D eigenvalue weighted by Crippen LogP contribution is -2.36. The van der Waals surface area contributed by atoms with Crippen LogP contribution in [0.15, 0.2) is 29.8 Å². The molecular weight excluding hydrogens is 294 g/mol. The molecule has 0 atom stereocenters. The molecule has 1 aliphatic carbocycles. The van der Waals surface area contributed by atoms with Gasteiger partial charge in [0.15, 0.2) is 0 Å². The standard InChI is InChI=1S/C17H21N3OS/c21-16(19-13-6-2-1-3-7-13)10-9-14-12-22-17(20-14)15-8-4-5-11-18-15/h4-5,8,11-13H,1-3,6-7,9-10H2,(H,19,21). The fraction of sp³-hybridized carbons (Fsp3) is 0.471.